The van der Waals surface area contributed by atoms with Gasteiger partial charge in [0.2, 0.25) is 5.95 Å². The van der Waals surface area contributed by atoms with Crippen LogP contribution in [0.1, 0.15) is 57.9 Å². The molecule has 2 aliphatic heterocycles. The zero-order valence-corrected chi connectivity index (χ0v) is 24.3. The van der Waals surface area contributed by atoms with E-state index in [1.807, 2.05) is 6.07 Å². The fourth-order valence-corrected chi connectivity index (χ4v) is 6.81. The smallest absolute Gasteiger partial charge is 0.232 e. The Hall–Kier alpha value is -2.16. The fraction of sp³-hybridized carbons (Fsp3) is 0.621. The van der Waals surface area contributed by atoms with Crippen LogP contribution in [-0.2, 0) is 10.2 Å². The number of nitrogens with zero attached hydrogens (tertiary/aromatic N) is 4. The average molecular weight is 557 g/mol. The molecule has 0 radical (unpaired) electrons. The third kappa shape index (κ3) is 6.69. The summed E-state index contributed by atoms with van der Waals surface area (Å²) in [6.07, 6.45) is 7.22. The highest BCUT2D eigenvalue weighted by Crippen LogP contribution is 2.40. The van der Waals surface area contributed by atoms with E-state index in [9.17, 15) is 0 Å². The molecule has 2 saturated heterocycles. The molecule has 2 atom stereocenters. The number of morpholine rings is 1. The highest BCUT2D eigenvalue weighted by molar-refractivity contribution is 7.80. The SMILES string of the molecule is C[C@@H]1C[C@H](C)CN(c2cc(N3CCOCC3)nc(NC(=S)NCC3(c4cccc(Cl)c4)CCCCC3)n2)C1. The Labute approximate surface area is 237 Å². The number of halogens is 1. The first-order valence-electron chi connectivity index (χ1n) is 14.2. The molecule has 7 nitrogen and oxygen atoms in total. The third-order valence-electron chi connectivity index (χ3n) is 8.29. The lowest BCUT2D eigenvalue weighted by molar-refractivity contribution is 0.122. The lowest BCUT2D eigenvalue weighted by atomic mass is 9.69. The van der Waals surface area contributed by atoms with Crippen molar-refractivity contribution < 1.29 is 4.74 Å². The summed E-state index contributed by atoms with van der Waals surface area (Å²) in [6.45, 7) is 10.5. The molecule has 1 aliphatic carbocycles. The Morgan fingerprint density at radius 3 is 2.39 bits per heavy atom. The van der Waals surface area contributed by atoms with Gasteiger partial charge in [0.05, 0.1) is 13.2 Å². The van der Waals surface area contributed by atoms with E-state index in [0.29, 0.717) is 36.1 Å². The maximum atomic E-state index is 6.38. The lowest BCUT2D eigenvalue weighted by Crippen LogP contribution is -2.44. The van der Waals surface area contributed by atoms with Gasteiger partial charge < -0.3 is 25.2 Å². The van der Waals surface area contributed by atoms with Crippen molar-refractivity contribution in [1.29, 1.82) is 0 Å². The van der Waals surface area contributed by atoms with Crippen LogP contribution in [0, 0.1) is 11.8 Å². The Morgan fingerprint density at radius 2 is 1.71 bits per heavy atom. The van der Waals surface area contributed by atoms with Crippen molar-refractivity contribution in [3.63, 3.8) is 0 Å². The number of anilines is 3. The normalized spacial score (nSPS) is 23.7. The van der Waals surface area contributed by atoms with Crippen LogP contribution in [-0.4, -0.2) is 61.0 Å². The van der Waals surface area contributed by atoms with Gasteiger partial charge in [0.15, 0.2) is 5.11 Å². The molecule has 206 valence electrons. The second-order valence-corrected chi connectivity index (χ2v) is 12.4. The van der Waals surface area contributed by atoms with Crippen LogP contribution >= 0.6 is 23.8 Å². The number of hydrogen-bond acceptors (Lipinski definition) is 6. The maximum absolute atomic E-state index is 6.38. The molecule has 2 N–H and O–H groups in total. The summed E-state index contributed by atoms with van der Waals surface area (Å²) >= 11 is 12.2. The van der Waals surface area contributed by atoms with Gasteiger partial charge in [0.25, 0.3) is 0 Å². The second-order valence-electron chi connectivity index (χ2n) is 11.5. The van der Waals surface area contributed by atoms with Gasteiger partial charge in [-0.25, -0.2) is 0 Å². The first kappa shape index (κ1) is 27.4. The zero-order valence-electron chi connectivity index (χ0n) is 22.7. The van der Waals surface area contributed by atoms with Gasteiger partial charge in [-0.05, 0) is 61.0 Å². The van der Waals surface area contributed by atoms with E-state index in [4.69, 9.17) is 38.5 Å². The Morgan fingerprint density at radius 1 is 1.03 bits per heavy atom. The minimum absolute atomic E-state index is 0.0244. The first-order chi connectivity index (χ1) is 18.4. The molecule has 2 aromatic rings. The van der Waals surface area contributed by atoms with Crippen molar-refractivity contribution in [3.05, 3.63) is 40.9 Å². The van der Waals surface area contributed by atoms with E-state index in [-0.39, 0.29) is 5.41 Å². The molecule has 1 aromatic heterocycles. The molecule has 3 heterocycles. The highest BCUT2D eigenvalue weighted by Gasteiger charge is 2.34. The molecule has 9 heteroatoms. The van der Waals surface area contributed by atoms with E-state index in [1.165, 1.54) is 31.2 Å². The number of benzene rings is 1. The van der Waals surface area contributed by atoms with E-state index >= 15 is 0 Å². The van der Waals surface area contributed by atoms with Crippen LogP contribution in [0.3, 0.4) is 0 Å². The summed E-state index contributed by atoms with van der Waals surface area (Å²) in [5.74, 6) is 3.72. The van der Waals surface area contributed by atoms with Crippen molar-refractivity contribution in [1.82, 2.24) is 15.3 Å². The first-order valence-corrected chi connectivity index (χ1v) is 15.0. The fourth-order valence-electron chi connectivity index (χ4n) is 6.45. The van der Waals surface area contributed by atoms with Crippen molar-refractivity contribution in [3.8, 4) is 0 Å². The molecule has 0 amide bonds. The monoisotopic (exact) mass is 556 g/mol. The standard InChI is InChI=1S/C29H41ClN6OS/c1-21-15-22(2)19-36(18-21)26-17-25(35-11-13-37-14-12-35)32-27(33-26)34-28(38)31-20-29(9-4-3-5-10-29)23-7-6-8-24(30)16-23/h6-8,16-17,21-22H,3-5,9-15,18-20H2,1-2H3,(H2,31,32,33,34,38)/t21-,22+. The molecule has 1 saturated carbocycles. The Kier molecular flexibility index (Phi) is 8.91. The number of nitrogens with one attached hydrogen (secondary N) is 2. The van der Waals surface area contributed by atoms with Gasteiger partial charge in [-0.1, -0.05) is 56.8 Å². The summed E-state index contributed by atoms with van der Waals surface area (Å²) in [4.78, 5) is 14.5. The molecular weight excluding hydrogens is 516 g/mol. The Bertz CT molecular complexity index is 1090. The minimum Gasteiger partial charge on any atom is -0.378 e. The van der Waals surface area contributed by atoms with Gasteiger partial charge in [-0.15, -0.1) is 0 Å². The summed E-state index contributed by atoms with van der Waals surface area (Å²) in [6, 6.07) is 10.5. The van der Waals surface area contributed by atoms with E-state index in [1.54, 1.807) is 0 Å². The summed E-state index contributed by atoms with van der Waals surface area (Å²) in [7, 11) is 0. The van der Waals surface area contributed by atoms with Crippen LogP contribution < -0.4 is 20.4 Å². The second kappa shape index (κ2) is 12.3. The molecule has 38 heavy (non-hydrogen) atoms. The van der Waals surface area contributed by atoms with Gasteiger partial charge >= 0.3 is 0 Å². The number of aromatic nitrogens is 2. The maximum Gasteiger partial charge on any atom is 0.232 e. The molecule has 0 bridgehead atoms. The molecule has 3 aliphatic rings. The topological polar surface area (TPSA) is 65.6 Å². The summed E-state index contributed by atoms with van der Waals surface area (Å²) in [5, 5.41) is 8.20. The molecule has 0 spiro atoms. The lowest BCUT2D eigenvalue weighted by Gasteiger charge is -2.38. The van der Waals surface area contributed by atoms with Crippen LogP contribution in [0.25, 0.3) is 0 Å². The average Bonchev–Trinajstić information content (AvgIpc) is 2.92. The van der Waals surface area contributed by atoms with Gasteiger partial charge in [0.1, 0.15) is 11.6 Å². The van der Waals surface area contributed by atoms with Crippen molar-refractivity contribution >= 4 is 46.5 Å². The molecular formula is C29H41ClN6OS. The van der Waals surface area contributed by atoms with Crippen LogP contribution in [0.2, 0.25) is 5.02 Å². The van der Waals surface area contributed by atoms with Crippen molar-refractivity contribution in [2.75, 3.05) is 61.1 Å². The van der Waals surface area contributed by atoms with Crippen molar-refractivity contribution in [2.45, 2.75) is 57.8 Å². The van der Waals surface area contributed by atoms with E-state index < -0.39 is 0 Å². The minimum atomic E-state index is 0.0244. The predicted molar refractivity (Wildman–Crippen MR) is 161 cm³/mol. The third-order valence-corrected chi connectivity index (χ3v) is 8.77. The van der Waals surface area contributed by atoms with E-state index in [2.05, 4.69) is 58.5 Å². The number of ether oxygens (including phenoxy) is 1. The van der Waals surface area contributed by atoms with Crippen LogP contribution in [0.4, 0.5) is 17.6 Å². The number of piperidine rings is 1. The largest absolute Gasteiger partial charge is 0.378 e. The Balaban J connectivity index is 1.33. The van der Waals surface area contributed by atoms with Crippen LogP contribution in [0.15, 0.2) is 30.3 Å². The molecule has 3 fully saturated rings. The number of rotatable bonds is 6. The number of thiocarbonyl (C=S) groups is 1. The summed E-state index contributed by atoms with van der Waals surface area (Å²) in [5.41, 5.74) is 1.32. The van der Waals surface area contributed by atoms with Gasteiger partial charge in [-0.3, -0.25) is 0 Å². The molecule has 1 aromatic carbocycles. The van der Waals surface area contributed by atoms with Crippen LogP contribution in [0.5, 0.6) is 0 Å². The molecule has 5 rings (SSSR count). The number of hydrogen-bond donors (Lipinski definition) is 2. The van der Waals surface area contributed by atoms with Gasteiger partial charge in [0, 0.05) is 49.2 Å². The van der Waals surface area contributed by atoms with Crippen molar-refractivity contribution in [2.24, 2.45) is 11.8 Å². The summed E-state index contributed by atoms with van der Waals surface area (Å²) < 4.78 is 5.58. The van der Waals surface area contributed by atoms with E-state index in [0.717, 1.165) is 62.2 Å². The van der Waals surface area contributed by atoms with Gasteiger partial charge in [-0.2, -0.15) is 9.97 Å². The quantitative estimate of drug-likeness (QED) is 0.443. The predicted octanol–water partition coefficient (Wildman–Crippen LogP) is 5.64. The molecule has 0 unspecified atom stereocenters. The highest BCUT2D eigenvalue weighted by atomic mass is 35.5. The zero-order chi connectivity index (χ0) is 26.5.